The Labute approximate surface area is 120 Å². The van der Waals surface area contributed by atoms with E-state index >= 15 is 0 Å². The van der Waals surface area contributed by atoms with Crippen molar-refractivity contribution in [1.82, 2.24) is 4.98 Å². The van der Waals surface area contributed by atoms with Gasteiger partial charge < -0.3 is 15.2 Å². The summed E-state index contributed by atoms with van der Waals surface area (Å²) in [5.41, 5.74) is 7.23. The summed E-state index contributed by atoms with van der Waals surface area (Å²) in [7, 11) is 3.13. The van der Waals surface area contributed by atoms with E-state index in [9.17, 15) is 0 Å². The number of nitrogen functional groups attached to an aromatic ring is 1. The van der Waals surface area contributed by atoms with Gasteiger partial charge >= 0.3 is 0 Å². The van der Waals surface area contributed by atoms with E-state index in [1.54, 1.807) is 20.3 Å². The van der Waals surface area contributed by atoms with Crippen LogP contribution in [0.25, 0.3) is 12.2 Å². The van der Waals surface area contributed by atoms with Crippen molar-refractivity contribution >= 4 is 40.2 Å². The normalized spacial score (nSPS) is 10.9. The molecule has 2 rings (SSSR count). The highest BCUT2D eigenvalue weighted by Crippen LogP contribution is 2.37. The number of nitrogens with two attached hydrogens (primary N) is 1. The summed E-state index contributed by atoms with van der Waals surface area (Å²) in [6.07, 6.45) is 3.73. The number of thiazole rings is 1. The largest absolute Gasteiger partial charge is 0.495 e. The molecule has 1 heterocycles. The Morgan fingerprint density at radius 3 is 2.63 bits per heavy atom. The van der Waals surface area contributed by atoms with E-state index in [1.807, 2.05) is 23.6 Å². The van der Waals surface area contributed by atoms with E-state index in [4.69, 9.17) is 26.8 Å². The number of benzene rings is 1. The molecule has 0 aliphatic carbocycles. The zero-order valence-electron chi connectivity index (χ0n) is 10.5. The van der Waals surface area contributed by atoms with Gasteiger partial charge in [0.15, 0.2) is 5.13 Å². The minimum Gasteiger partial charge on any atom is -0.495 e. The number of anilines is 1. The molecule has 2 N–H and O–H groups in total. The van der Waals surface area contributed by atoms with Crippen molar-refractivity contribution in [2.75, 3.05) is 20.0 Å². The fraction of sp³-hybridized carbons (Fsp3) is 0.154. The molecule has 0 radical (unpaired) electrons. The monoisotopic (exact) mass is 296 g/mol. The fourth-order valence-corrected chi connectivity index (χ4v) is 2.46. The summed E-state index contributed by atoms with van der Waals surface area (Å²) in [6.45, 7) is 0. The molecule has 100 valence electrons. The third-order valence-corrected chi connectivity index (χ3v) is 3.54. The van der Waals surface area contributed by atoms with E-state index in [2.05, 4.69) is 4.98 Å². The molecule has 0 aliphatic heterocycles. The van der Waals surface area contributed by atoms with E-state index < -0.39 is 0 Å². The molecule has 19 heavy (non-hydrogen) atoms. The Morgan fingerprint density at radius 1 is 1.26 bits per heavy atom. The molecule has 0 saturated heterocycles. The maximum absolute atomic E-state index is 6.18. The summed E-state index contributed by atoms with van der Waals surface area (Å²) in [5, 5.41) is 2.87. The predicted molar refractivity (Wildman–Crippen MR) is 80.0 cm³/mol. The van der Waals surface area contributed by atoms with Crippen molar-refractivity contribution < 1.29 is 9.47 Å². The standard InChI is InChI=1S/C13H13ClN2O2S/c1-17-10-6-4-8(12(18-2)11(10)14)3-5-9-7-19-13(15)16-9/h3-7H,1-2H3,(H2,15,16)/b5-3+. The van der Waals surface area contributed by atoms with E-state index in [0.29, 0.717) is 21.7 Å². The van der Waals surface area contributed by atoms with Crippen LogP contribution in [0.5, 0.6) is 11.5 Å². The number of rotatable bonds is 4. The molecule has 0 fully saturated rings. The predicted octanol–water partition coefficient (Wildman–Crippen LogP) is 3.57. The van der Waals surface area contributed by atoms with Gasteiger partial charge in [0.2, 0.25) is 0 Å². The first-order chi connectivity index (χ1) is 9.15. The maximum Gasteiger partial charge on any atom is 0.180 e. The number of hydrogen-bond donors (Lipinski definition) is 1. The average molecular weight is 297 g/mol. The molecule has 0 atom stereocenters. The minimum atomic E-state index is 0.449. The van der Waals surface area contributed by atoms with Crippen LogP contribution in [0, 0.1) is 0 Å². The van der Waals surface area contributed by atoms with Gasteiger partial charge in [0.1, 0.15) is 16.5 Å². The van der Waals surface area contributed by atoms with E-state index in [1.165, 1.54) is 11.3 Å². The van der Waals surface area contributed by atoms with Crippen LogP contribution in [0.1, 0.15) is 11.3 Å². The molecule has 1 aromatic heterocycles. The molecule has 0 saturated carbocycles. The van der Waals surface area contributed by atoms with Crippen LogP contribution in [0.15, 0.2) is 17.5 Å². The number of hydrogen-bond acceptors (Lipinski definition) is 5. The van der Waals surface area contributed by atoms with Crippen molar-refractivity contribution in [2.45, 2.75) is 0 Å². The second-order valence-corrected chi connectivity index (χ2v) is 4.92. The molecule has 0 unspecified atom stereocenters. The van der Waals surface area contributed by atoms with Crippen molar-refractivity contribution in [3.8, 4) is 11.5 Å². The number of halogens is 1. The summed E-state index contributed by atoms with van der Waals surface area (Å²) in [6, 6.07) is 3.66. The highest BCUT2D eigenvalue weighted by atomic mass is 35.5. The van der Waals surface area contributed by atoms with Crippen LogP contribution in [0.3, 0.4) is 0 Å². The molecular formula is C13H13ClN2O2S. The lowest BCUT2D eigenvalue weighted by atomic mass is 10.1. The van der Waals surface area contributed by atoms with Gasteiger partial charge in [0.25, 0.3) is 0 Å². The summed E-state index contributed by atoms with van der Waals surface area (Å²) >= 11 is 7.58. The molecular weight excluding hydrogens is 284 g/mol. The molecule has 6 heteroatoms. The number of aromatic nitrogens is 1. The molecule has 0 spiro atoms. The second-order valence-electron chi connectivity index (χ2n) is 3.65. The molecule has 1 aromatic carbocycles. The zero-order chi connectivity index (χ0) is 13.8. The minimum absolute atomic E-state index is 0.449. The quantitative estimate of drug-likeness (QED) is 0.937. The van der Waals surface area contributed by atoms with Crippen molar-refractivity contribution in [2.24, 2.45) is 0 Å². The van der Waals surface area contributed by atoms with Crippen LogP contribution in [0.2, 0.25) is 5.02 Å². The Balaban J connectivity index is 2.35. The highest BCUT2D eigenvalue weighted by molar-refractivity contribution is 7.13. The molecule has 0 aliphatic rings. The number of nitrogens with zero attached hydrogens (tertiary/aromatic N) is 1. The van der Waals surface area contributed by atoms with E-state index in [0.717, 1.165) is 11.3 Å². The third kappa shape index (κ3) is 3.00. The Bertz CT molecular complexity index is 611. The topological polar surface area (TPSA) is 57.4 Å². The maximum atomic E-state index is 6.18. The highest BCUT2D eigenvalue weighted by Gasteiger charge is 2.11. The smallest absolute Gasteiger partial charge is 0.180 e. The number of ether oxygens (including phenoxy) is 2. The summed E-state index contributed by atoms with van der Waals surface area (Å²) < 4.78 is 10.5. The first kappa shape index (κ1) is 13.7. The Hall–Kier alpha value is -1.72. The summed E-state index contributed by atoms with van der Waals surface area (Å²) in [4.78, 5) is 4.15. The molecule has 2 aromatic rings. The average Bonchev–Trinajstić information content (AvgIpc) is 2.82. The first-order valence-electron chi connectivity index (χ1n) is 5.45. The Kier molecular flexibility index (Phi) is 4.29. The van der Waals surface area contributed by atoms with Crippen molar-refractivity contribution in [3.63, 3.8) is 0 Å². The lowest BCUT2D eigenvalue weighted by Crippen LogP contribution is -1.92. The SMILES string of the molecule is COc1ccc(/C=C/c2csc(N)n2)c(OC)c1Cl. The molecule has 4 nitrogen and oxygen atoms in total. The van der Waals surface area contributed by atoms with Gasteiger partial charge in [-0.05, 0) is 24.3 Å². The van der Waals surface area contributed by atoms with Crippen LogP contribution in [0.4, 0.5) is 5.13 Å². The molecule has 0 amide bonds. The number of methoxy groups -OCH3 is 2. The van der Waals surface area contributed by atoms with Gasteiger partial charge in [-0.25, -0.2) is 4.98 Å². The zero-order valence-corrected chi connectivity index (χ0v) is 12.1. The molecule has 0 bridgehead atoms. The van der Waals surface area contributed by atoms with Crippen molar-refractivity contribution in [1.29, 1.82) is 0 Å². The van der Waals surface area contributed by atoms with Gasteiger partial charge in [-0.3, -0.25) is 0 Å². The second kappa shape index (κ2) is 5.95. The van der Waals surface area contributed by atoms with Gasteiger partial charge in [-0.2, -0.15) is 0 Å². The fourth-order valence-electron chi connectivity index (χ4n) is 1.60. The Morgan fingerprint density at radius 2 is 2.05 bits per heavy atom. The summed E-state index contributed by atoms with van der Waals surface area (Å²) in [5.74, 6) is 1.15. The van der Waals surface area contributed by atoms with Crippen LogP contribution in [-0.2, 0) is 0 Å². The van der Waals surface area contributed by atoms with Gasteiger partial charge in [-0.15, -0.1) is 11.3 Å². The lowest BCUT2D eigenvalue weighted by Gasteiger charge is -2.10. The third-order valence-electron chi connectivity index (χ3n) is 2.49. The van der Waals surface area contributed by atoms with E-state index in [-0.39, 0.29) is 0 Å². The lowest BCUT2D eigenvalue weighted by molar-refractivity contribution is 0.394. The van der Waals surface area contributed by atoms with Crippen molar-refractivity contribution in [3.05, 3.63) is 33.8 Å². The first-order valence-corrected chi connectivity index (χ1v) is 6.71. The van der Waals surface area contributed by atoms with Gasteiger partial charge in [-0.1, -0.05) is 11.6 Å². The van der Waals surface area contributed by atoms with Crippen LogP contribution < -0.4 is 15.2 Å². The van der Waals surface area contributed by atoms with Crippen LogP contribution >= 0.6 is 22.9 Å². The van der Waals surface area contributed by atoms with Gasteiger partial charge in [0.05, 0.1) is 19.9 Å². The van der Waals surface area contributed by atoms with Crippen LogP contribution in [-0.4, -0.2) is 19.2 Å². The van der Waals surface area contributed by atoms with Gasteiger partial charge in [0, 0.05) is 10.9 Å².